The maximum atomic E-state index is 12.9. The van der Waals surface area contributed by atoms with Crippen molar-refractivity contribution in [1.29, 1.82) is 0 Å². The van der Waals surface area contributed by atoms with Crippen LogP contribution in [0.2, 0.25) is 0 Å². The molecule has 18 heavy (non-hydrogen) atoms. The van der Waals surface area contributed by atoms with E-state index >= 15 is 0 Å². The molecule has 1 saturated carbocycles. The lowest BCUT2D eigenvalue weighted by atomic mass is 10.2. The minimum atomic E-state index is -2.49. The van der Waals surface area contributed by atoms with Crippen LogP contribution in [0.4, 0.5) is 14.6 Å². The van der Waals surface area contributed by atoms with Gasteiger partial charge in [0.2, 0.25) is 0 Å². The van der Waals surface area contributed by atoms with Gasteiger partial charge in [0, 0.05) is 38.4 Å². The Labute approximate surface area is 104 Å². The van der Waals surface area contributed by atoms with Gasteiger partial charge in [-0.25, -0.2) is 13.5 Å². The van der Waals surface area contributed by atoms with Gasteiger partial charge in [-0.2, -0.15) is 5.10 Å². The monoisotopic (exact) mass is 257 g/mol. The first-order chi connectivity index (χ1) is 8.47. The molecule has 2 aliphatic rings. The molecule has 0 saturated heterocycles. The Balaban J connectivity index is 1.79. The van der Waals surface area contributed by atoms with Gasteiger partial charge in [-0.05, 0) is 12.8 Å². The molecule has 2 heterocycles. The Morgan fingerprint density at radius 1 is 1.56 bits per heavy atom. The van der Waals surface area contributed by atoms with Gasteiger partial charge in [0.1, 0.15) is 12.0 Å². The zero-order valence-corrected chi connectivity index (χ0v) is 10.3. The second-order valence-electron chi connectivity index (χ2n) is 5.32. The summed E-state index contributed by atoms with van der Waals surface area (Å²) in [4.78, 5) is 1.76. The van der Waals surface area contributed by atoms with Crippen molar-refractivity contribution in [3.8, 4) is 0 Å². The lowest BCUT2D eigenvalue weighted by molar-refractivity contribution is 0.0986. The molecule has 0 radical (unpaired) electrons. The SMILES string of the molecule is CN1c2cc(C[C@H]3CC3(F)F)nn2CCCC1O. The molecular weight excluding hydrogens is 240 g/mol. The molecule has 6 heteroatoms. The number of rotatable bonds is 2. The van der Waals surface area contributed by atoms with Crippen LogP contribution < -0.4 is 4.90 Å². The van der Waals surface area contributed by atoms with Gasteiger partial charge >= 0.3 is 0 Å². The number of hydrogen-bond acceptors (Lipinski definition) is 3. The number of fused-ring (bicyclic) bond motifs is 1. The van der Waals surface area contributed by atoms with Crippen LogP contribution in [0, 0.1) is 5.92 Å². The van der Waals surface area contributed by atoms with E-state index in [1.807, 2.05) is 10.7 Å². The third-order valence-corrected chi connectivity index (χ3v) is 3.86. The summed E-state index contributed by atoms with van der Waals surface area (Å²) >= 11 is 0. The van der Waals surface area contributed by atoms with Gasteiger partial charge in [-0.1, -0.05) is 0 Å². The molecule has 1 fully saturated rings. The van der Waals surface area contributed by atoms with E-state index < -0.39 is 18.1 Å². The molecule has 1 N–H and O–H groups in total. The standard InChI is InChI=1S/C12H17F2N3O/c1-16-10-6-9(5-8-7-12(8,13)14)15-17(10)4-2-3-11(16)18/h6,8,11,18H,2-5,7H2,1H3/t8-,11?/m0/s1. The fourth-order valence-corrected chi connectivity index (χ4v) is 2.52. The van der Waals surface area contributed by atoms with Crippen LogP contribution in [0.3, 0.4) is 0 Å². The van der Waals surface area contributed by atoms with E-state index in [9.17, 15) is 13.9 Å². The average Bonchev–Trinajstić information content (AvgIpc) is 2.75. The number of aromatic nitrogens is 2. The fraction of sp³-hybridized carbons (Fsp3) is 0.750. The van der Waals surface area contributed by atoms with Crippen molar-refractivity contribution in [2.24, 2.45) is 5.92 Å². The highest BCUT2D eigenvalue weighted by atomic mass is 19.3. The van der Waals surface area contributed by atoms with Crippen LogP contribution in [-0.4, -0.2) is 34.1 Å². The van der Waals surface area contributed by atoms with E-state index in [2.05, 4.69) is 5.10 Å². The van der Waals surface area contributed by atoms with Crippen molar-refractivity contribution < 1.29 is 13.9 Å². The molecule has 2 atom stereocenters. The molecule has 0 bridgehead atoms. The van der Waals surface area contributed by atoms with E-state index in [4.69, 9.17) is 0 Å². The first-order valence-electron chi connectivity index (χ1n) is 6.33. The molecule has 0 aromatic carbocycles. The van der Waals surface area contributed by atoms with Crippen molar-refractivity contribution in [3.63, 3.8) is 0 Å². The van der Waals surface area contributed by atoms with Gasteiger partial charge < -0.3 is 10.0 Å². The van der Waals surface area contributed by atoms with Gasteiger partial charge in [-0.15, -0.1) is 0 Å². The van der Waals surface area contributed by atoms with Gasteiger partial charge in [-0.3, -0.25) is 0 Å². The summed E-state index contributed by atoms with van der Waals surface area (Å²) in [6, 6.07) is 1.82. The van der Waals surface area contributed by atoms with Gasteiger partial charge in [0.15, 0.2) is 0 Å². The Bertz CT molecular complexity index is 460. The van der Waals surface area contributed by atoms with Crippen LogP contribution in [0.1, 0.15) is 25.0 Å². The molecule has 4 nitrogen and oxygen atoms in total. The quantitative estimate of drug-likeness (QED) is 0.875. The Morgan fingerprint density at radius 2 is 2.28 bits per heavy atom. The summed E-state index contributed by atoms with van der Waals surface area (Å²) in [5.41, 5.74) is 0.702. The zero-order chi connectivity index (χ0) is 12.9. The largest absolute Gasteiger partial charge is 0.374 e. The highest BCUT2D eigenvalue weighted by molar-refractivity contribution is 5.41. The topological polar surface area (TPSA) is 41.3 Å². The van der Waals surface area contributed by atoms with E-state index in [0.717, 1.165) is 18.8 Å². The van der Waals surface area contributed by atoms with Crippen LogP contribution in [0.15, 0.2) is 6.07 Å². The molecule has 1 unspecified atom stereocenters. The molecule has 1 aromatic rings. The average molecular weight is 257 g/mol. The summed E-state index contributed by atoms with van der Waals surface area (Å²) in [6.45, 7) is 0.734. The first kappa shape index (κ1) is 11.9. The number of aliphatic hydroxyl groups is 1. The minimum absolute atomic E-state index is 0.0202. The molecule has 100 valence electrons. The molecule has 1 aromatic heterocycles. The maximum Gasteiger partial charge on any atom is 0.252 e. The van der Waals surface area contributed by atoms with Gasteiger partial charge in [0.25, 0.3) is 5.92 Å². The number of alkyl halides is 2. The summed E-state index contributed by atoms with van der Waals surface area (Å²) in [7, 11) is 1.80. The Hall–Kier alpha value is -1.17. The van der Waals surface area contributed by atoms with E-state index in [1.165, 1.54) is 0 Å². The molecule has 1 aliphatic carbocycles. The molecule has 0 spiro atoms. The number of halogens is 2. The van der Waals surface area contributed by atoms with Crippen LogP contribution in [0.5, 0.6) is 0 Å². The third-order valence-electron chi connectivity index (χ3n) is 3.86. The zero-order valence-electron chi connectivity index (χ0n) is 10.3. The molecule has 3 rings (SSSR count). The second-order valence-corrected chi connectivity index (χ2v) is 5.32. The highest BCUT2D eigenvalue weighted by Crippen LogP contribution is 2.50. The number of aliphatic hydroxyl groups excluding tert-OH is 1. The number of nitrogens with zero attached hydrogens (tertiary/aromatic N) is 3. The van der Waals surface area contributed by atoms with Crippen LogP contribution >= 0.6 is 0 Å². The molecule has 0 amide bonds. The lowest BCUT2D eigenvalue weighted by Crippen LogP contribution is -2.30. The predicted molar refractivity (Wildman–Crippen MR) is 62.6 cm³/mol. The maximum absolute atomic E-state index is 12.9. The highest BCUT2D eigenvalue weighted by Gasteiger charge is 2.56. The van der Waals surface area contributed by atoms with Crippen LogP contribution in [0.25, 0.3) is 0 Å². The van der Waals surface area contributed by atoms with Crippen molar-refractivity contribution in [2.45, 2.75) is 44.4 Å². The number of anilines is 1. The van der Waals surface area contributed by atoms with Crippen molar-refractivity contribution in [3.05, 3.63) is 11.8 Å². The second kappa shape index (κ2) is 3.91. The van der Waals surface area contributed by atoms with Crippen molar-refractivity contribution >= 4 is 5.82 Å². The summed E-state index contributed by atoms with van der Waals surface area (Å²) in [6.07, 6.45) is 1.35. The van der Waals surface area contributed by atoms with E-state index in [1.54, 1.807) is 11.9 Å². The Kier molecular flexibility index (Phi) is 2.59. The van der Waals surface area contributed by atoms with Crippen molar-refractivity contribution in [1.82, 2.24) is 9.78 Å². The van der Waals surface area contributed by atoms with E-state index in [-0.39, 0.29) is 6.42 Å². The number of hydrogen-bond donors (Lipinski definition) is 1. The molecular formula is C12H17F2N3O. The van der Waals surface area contributed by atoms with Gasteiger partial charge in [0.05, 0.1) is 5.69 Å². The van der Waals surface area contributed by atoms with Crippen molar-refractivity contribution in [2.75, 3.05) is 11.9 Å². The fourth-order valence-electron chi connectivity index (χ4n) is 2.52. The Morgan fingerprint density at radius 3 is 2.94 bits per heavy atom. The lowest BCUT2D eigenvalue weighted by Gasteiger charge is -2.22. The van der Waals surface area contributed by atoms with Crippen LogP contribution in [-0.2, 0) is 13.0 Å². The predicted octanol–water partition coefficient (Wildman–Crippen LogP) is 1.63. The smallest absolute Gasteiger partial charge is 0.252 e. The summed E-state index contributed by atoms with van der Waals surface area (Å²) < 4.78 is 27.6. The summed E-state index contributed by atoms with van der Waals surface area (Å²) in [5.74, 6) is -2.22. The van der Waals surface area contributed by atoms with E-state index in [0.29, 0.717) is 18.5 Å². The number of aryl methyl sites for hydroxylation is 1. The summed E-state index contributed by atoms with van der Waals surface area (Å²) in [5, 5.41) is 14.2. The minimum Gasteiger partial charge on any atom is -0.374 e. The normalized spacial score (nSPS) is 29.9. The first-order valence-corrected chi connectivity index (χ1v) is 6.33. The molecule has 1 aliphatic heterocycles. The third kappa shape index (κ3) is 1.98.